The molecule has 1 aromatic carbocycles. The maximum atomic E-state index is 14.3. The molecule has 0 unspecified atom stereocenters. The van der Waals surface area contributed by atoms with E-state index in [1.165, 1.54) is 31.2 Å². The molecule has 12 atom stereocenters. The van der Waals surface area contributed by atoms with Crippen LogP contribution in [-0.2, 0) is 64.0 Å². The number of carboxylic acids is 2. The molecule has 0 aliphatic heterocycles. The molecule has 1 rings (SSSR count). The van der Waals surface area contributed by atoms with Crippen LogP contribution in [0.2, 0.25) is 0 Å². The number of phenols is 1. The van der Waals surface area contributed by atoms with Crippen LogP contribution in [-0.4, -0.2) is 195 Å². The van der Waals surface area contributed by atoms with Crippen LogP contribution in [0.1, 0.15) is 125 Å². The molecule has 0 spiro atoms. The van der Waals surface area contributed by atoms with Gasteiger partial charge in [-0.3, -0.25) is 52.7 Å². The molecule has 0 heterocycles. The molecule has 1 aromatic rings. The second kappa shape index (κ2) is 41.1. The van der Waals surface area contributed by atoms with E-state index in [0.29, 0.717) is 24.8 Å². The minimum Gasteiger partial charge on any atom is -0.508 e. The van der Waals surface area contributed by atoms with Crippen LogP contribution in [0.3, 0.4) is 0 Å². The highest BCUT2D eigenvalue weighted by molar-refractivity contribution is 7.80. The standard InChI is InChI=1S/C56H95N13O17S/c1-8-31(6)45(59)54(83)67-41(27-70)53(82)69-46(32(7)71)55(84)64-36(14-10-12-22-58)49(78)65-39(24-30(4)5)52(81)62-35(13-9-11-21-57)48(77)63-37(19-20-44(74)75)50(79)68-42(28-87)47(76)60-26-43(73)61-38(23-29(2)3)51(80)66-40(56(85)86)25-33-15-17-34(72)18-16-33/h15-18,29-32,35-42,45-46,70-72,87H,8-14,19-28,57-59H2,1-7H3,(H,60,76)(H,61,73)(H,62,81)(H,63,77)(H,64,84)(H,65,78)(H,66,80)(H,67,83)(H,68,79)(H,69,82)(H,74,75)(H,85,86)/t31-,32+,35-,36-,37-,38-,39-,40-,41-,42-,45-,46-/m0/s1. The summed E-state index contributed by atoms with van der Waals surface area (Å²) in [4.78, 5) is 160. The molecule has 0 aliphatic carbocycles. The Hall–Kier alpha value is -7.19. The van der Waals surface area contributed by atoms with Crippen molar-refractivity contribution in [2.24, 2.45) is 35.0 Å². The van der Waals surface area contributed by atoms with E-state index in [0.717, 1.165) is 0 Å². The van der Waals surface area contributed by atoms with E-state index in [9.17, 15) is 83.1 Å². The number of benzene rings is 1. The molecular formula is C56H95N13O17S. The van der Waals surface area contributed by atoms with Crippen molar-refractivity contribution in [3.63, 3.8) is 0 Å². The molecule has 10 amide bonds. The van der Waals surface area contributed by atoms with Crippen molar-refractivity contribution < 1.29 is 83.1 Å². The SMILES string of the molecule is CC[C@H](C)[C@H](N)C(=O)N[C@@H](CO)C(=O)N[C@H](C(=O)N[C@@H](CCCCN)C(=O)N[C@@H](CC(C)C)C(=O)N[C@@H](CCCCN)C(=O)N[C@@H](CCC(=O)O)C(=O)N[C@@H](CS)C(=O)NCC(=O)N[C@@H](CC(C)C)C(=O)N[C@@H](Cc1ccc(O)cc1)C(=O)O)[C@@H](C)O. The smallest absolute Gasteiger partial charge is 0.326 e. The van der Waals surface area contributed by atoms with Gasteiger partial charge in [0.2, 0.25) is 59.1 Å². The molecule has 0 saturated heterocycles. The third-order valence-electron chi connectivity index (χ3n) is 13.8. The second-order valence-electron chi connectivity index (χ2n) is 22.2. The van der Waals surface area contributed by atoms with Crippen molar-refractivity contribution in [1.29, 1.82) is 0 Å². The van der Waals surface area contributed by atoms with Crippen LogP contribution in [0, 0.1) is 17.8 Å². The van der Waals surface area contributed by atoms with Gasteiger partial charge in [0, 0.05) is 18.6 Å². The van der Waals surface area contributed by atoms with Crippen LogP contribution in [0.4, 0.5) is 0 Å². The molecule has 21 N–H and O–H groups in total. The maximum absolute atomic E-state index is 14.3. The lowest BCUT2D eigenvalue weighted by Gasteiger charge is -2.29. The average Bonchev–Trinajstić information content (AvgIpc) is 3.29. The zero-order chi connectivity index (χ0) is 66.1. The van der Waals surface area contributed by atoms with Crippen LogP contribution in [0.25, 0.3) is 0 Å². The second-order valence-corrected chi connectivity index (χ2v) is 22.6. The maximum Gasteiger partial charge on any atom is 0.326 e. The molecule has 0 radical (unpaired) electrons. The Morgan fingerprint density at radius 3 is 1.39 bits per heavy atom. The van der Waals surface area contributed by atoms with Gasteiger partial charge in [-0.1, -0.05) is 60.1 Å². The highest BCUT2D eigenvalue weighted by Crippen LogP contribution is 2.15. The molecule has 0 aromatic heterocycles. The highest BCUT2D eigenvalue weighted by atomic mass is 32.1. The predicted octanol–water partition coefficient (Wildman–Crippen LogP) is -3.61. The Kier molecular flexibility index (Phi) is 36.7. The average molecular weight is 1250 g/mol. The third kappa shape index (κ3) is 29.8. The monoisotopic (exact) mass is 1250 g/mol. The lowest BCUT2D eigenvalue weighted by molar-refractivity contribution is -0.142. The van der Waals surface area contributed by atoms with Gasteiger partial charge < -0.3 is 95.9 Å². The number of aliphatic hydroxyl groups excluding tert-OH is 2. The van der Waals surface area contributed by atoms with Gasteiger partial charge in [0.25, 0.3) is 0 Å². The molecule has 0 fully saturated rings. The lowest BCUT2D eigenvalue weighted by Crippen LogP contribution is -2.62. The number of rotatable bonds is 43. The van der Waals surface area contributed by atoms with Gasteiger partial charge >= 0.3 is 11.9 Å². The lowest BCUT2D eigenvalue weighted by atomic mass is 9.99. The van der Waals surface area contributed by atoms with Crippen molar-refractivity contribution in [3.05, 3.63) is 29.8 Å². The minimum atomic E-state index is -1.73. The highest BCUT2D eigenvalue weighted by Gasteiger charge is 2.37. The Morgan fingerprint density at radius 1 is 0.529 bits per heavy atom. The number of nitrogens with one attached hydrogen (secondary N) is 10. The Labute approximate surface area is 512 Å². The topological polar surface area (TPSA) is 504 Å². The summed E-state index contributed by atoms with van der Waals surface area (Å²) >= 11 is 4.17. The zero-order valence-corrected chi connectivity index (χ0v) is 51.6. The molecule has 31 heteroatoms. The number of aliphatic hydroxyl groups is 2. The van der Waals surface area contributed by atoms with Crippen LogP contribution < -0.4 is 70.4 Å². The number of hydrogen-bond donors (Lipinski definition) is 19. The van der Waals surface area contributed by atoms with E-state index in [1.54, 1.807) is 41.5 Å². The number of carbonyl (C=O) groups excluding carboxylic acids is 10. The quantitative estimate of drug-likeness (QED) is 0.0222. The molecule has 30 nitrogen and oxygen atoms in total. The molecular weight excluding hydrogens is 1160 g/mol. The fourth-order valence-corrected chi connectivity index (χ4v) is 8.78. The Bertz CT molecular complexity index is 2420. The first kappa shape index (κ1) is 77.8. The third-order valence-corrected chi connectivity index (χ3v) is 14.2. The van der Waals surface area contributed by atoms with E-state index in [1.807, 2.05) is 0 Å². The van der Waals surface area contributed by atoms with Gasteiger partial charge in [0.1, 0.15) is 60.1 Å². The number of hydrogen-bond acceptors (Lipinski definition) is 19. The number of unbranched alkanes of at least 4 members (excludes halogenated alkanes) is 2. The fraction of sp³-hybridized carbons (Fsp3) is 0.679. The zero-order valence-electron chi connectivity index (χ0n) is 50.7. The number of carboxylic acid groups (broad SMARTS) is 2. The van der Waals surface area contributed by atoms with Gasteiger partial charge in [-0.2, -0.15) is 12.6 Å². The first-order valence-corrected chi connectivity index (χ1v) is 29.8. The van der Waals surface area contributed by atoms with E-state index < -0.39 is 164 Å². The minimum absolute atomic E-state index is 0.0257. The summed E-state index contributed by atoms with van der Waals surface area (Å²) in [6.07, 6.45) is -1.20. The molecule has 87 heavy (non-hydrogen) atoms. The number of thiol groups is 1. The van der Waals surface area contributed by atoms with E-state index in [2.05, 4.69) is 65.8 Å². The van der Waals surface area contributed by atoms with Crippen molar-refractivity contribution in [1.82, 2.24) is 53.2 Å². The summed E-state index contributed by atoms with van der Waals surface area (Å²) in [5, 5.41) is 74.1. The van der Waals surface area contributed by atoms with Crippen molar-refractivity contribution >= 4 is 83.6 Å². The van der Waals surface area contributed by atoms with Gasteiger partial charge in [-0.05, 0) is 113 Å². The number of amides is 10. The van der Waals surface area contributed by atoms with Gasteiger partial charge in [-0.15, -0.1) is 0 Å². The number of carbonyl (C=O) groups is 12. The summed E-state index contributed by atoms with van der Waals surface area (Å²) in [5.74, 6) is -13.2. The van der Waals surface area contributed by atoms with Gasteiger partial charge in [-0.25, -0.2) is 4.79 Å². The summed E-state index contributed by atoms with van der Waals surface area (Å²) in [5.41, 5.74) is 17.9. The molecule has 0 aliphatic rings. The van der Waals surface area contributed by atoms with Crippen LogP contribution in [0.15, 0.2) is 24.3 Å². The van der Waals surface area contributed by atoms with Gasteiger partial charge in [0.05, 0.1) is 25.3 Å². The number of phenolic OH excluding ortho intramolecular Hbond substituents is 1. The predicted molar refractivity (Wildman–Crippen MR) is 321 cm³/mol. The Morgan fingerprint density at radius 2 is 0.954 bits per heavy atom. The number of nitrogens with two attached hydrogens (primary N) is 3. The van der Waals surface area contributed by atoms with Crippen molar-refractivity contribution in [3.8, 4) is 5.75 Å². The molecule has 0 bridgehead atoms. The largest absolute Gasteiger partial charge is 0.508 e. The van der Waals surface area contributed by atoms with E-state index in [-0.39, 0.29) is 87.3 Å². The summed E-state index contributed by atoms with van der Waals surface area (Å²) in [6.45, 7) is 10.4. The van der Waals surface area contributed by atoms with E-state index in [4.69, 9.17) is 17.2 Å². The summed E-state index contributed by atoms with van der Waals surface area (Å²) < 4.78 is 0. The van der Waals surface area contributed by atoms with Crippen molar-refractivity contribution in [2.45, 2.75) is 192 Å². The molecule has 0 saturated carbocycles. The first-order chi connectivity index (χ1) is 40.9. The Balaban J connectivity index is 3.37. The fourth-order valence-electron chi connectivity index (χ4n) is 8.52. The van der Waals surface area contributed by atoms with E-state index >= 15 is 0 Å². The summed E-state index contributed by atoms with van der Waals surface area (Å²) in [6, 6.07) is -8.71. The van der Waals surface area contributed by atoms with Crippen LogP contribution >= 0.6 is 12.6 Å². The van der Waals surface area contributed by atoms with Crippen molar-refractivity contribution in [2.75, 3.05) is 32.0 Å². The van der Waals surface area contributed by atoms with Gasteiger partial charge in [0.15, 0.2) is 0 Å². The number of aliphatic carboxylic acids is 2. The molecule has 492 valence electrons. The van der Waals surface area contributed by atoms with Crippen LogP contribution in [0.5, 0.6) is 5.75 Å². The normalized spacial score (nSPS) is 15.4. The first-order valence-electron chi connectivity index (χ1n) is 29.2. The number of aromatic hydroxyl groups is 1. The summed E-state index contributed by atoms with van der Waals surface area (Å²) in [7, 11) is 0.